The maximum absolute atomic E-state index is 11.9. The van der Waals surface area contributed by atoms with Gasteiger partial charge in [-0.3, -0.25) is 4.79 Å². The molecular formula is C10H10N2O2S. The lowest BCUT2D eigenvalue weighted by Crippen LogP contribution is -2.06. The number of carbonyl (C=O) groups excluding carboxylic acids is 1. The molecule has 0 bridgehead atoms. The van der Waals surface area contributed by atoms with Crippen LogP contribution in [-0.4, -0.2) is 22.4 Å². The number of ether oxygens (including phenoxy) is 1. The molecule has 0 atom stereocenters. The number of methoxy groups -OCH3 is 1. The van der Waals surface area contributed by atoms with E-state index in [-0.39, 0.29) is 5.78 Å². The summed E-state index contributed by atoms with van der Waals surface area (Å²) in [6, 6.07) is 1.72. The molecule has 0 saturated heterocycles. The SMILES string of the molecule is COc1csc(C(=O)c2nccn2C)c1. The number of hydrogen-bond donors (Lipinski definition) is 0. The van der Waals surface area contributed by atoms with E-state index in [9.17, 15) is 4.79 Å². The third kappa shape index (κ3) is 1.78. The first kappa shape index (κ1) is 9.92. The first-order chi connectivity index (χ1) is 7.22. The van der Waals surface area contributed by atoms with Crippen LogP contribution in [0.3, 0.4) is 0 Å². The van der Waals surface area contributed by atoms with Crippen LogP contribution in [0.25, 0.3) is 0 Å². The molecule has 0 amide bonds. The Labute approximate surface area is 91.1 Å². The van der Waals surface area contributed by atoms with Crippen molar-refractivity contribution in [3.8, 4) is 5.75 Å². The first-order valence-electron chi connectivity index (χ1n) is 4.37. The zero-order valence-electron chi connectivity index (χ0n) is 8.43. The molecule has 4 nitrogen and oxygen atoms in total. The molecule has 0 N–H and O–H groups in total. The number of thiophene rings is 1. The van der Waals surface area contributed by atoms with Gasteiger partial charge < -0.3 is 9.30 Å². The van der Waals surface area contributed by atoms with Crippen LogP contribution in [0.15, 0.2) is 23.8 Å². The smallest absolute Gasteiger partial charge is 0.238 e. The monoisotopic (exact) mass is 222 g/mol. The van der Waals surface area contributed by atoms with Gasteiger partial charge in [-0.25, -0.2) is 4.98 Å². The molecule has 0 aliphatic carbocycles. The van der Waals surface area contributed by atoms with Crippen LogP contribution >= 0.6 is 11.3 Å². The van der Waals surface area contributed by atoms with E-state index in [4.69, 9.17) is 4.74 Å². The number of aryl methyl sites for hydroxylation is 1. The van der Waals surface area contributed by atoms with Gasteiger partial charge in [-0.2, -0.15) is 0 Å². The van der Waals surface area contributed by atoms with Gasteiger partial charge >= 0.3 is 0 Å². The fraction of sp³-hybridized carbons (Fsp3) is 0.200. The highest BCUT2D eigenvalue weighted by Crippen LogP contribution is 2.23. The highest BCUT2D eigenvalue weighted by atomic mass is 32.1. The Kier molecular flexibility index (Phi) is 2.55. The summed E-state index contributed by atoms with van der Waals surface area (Å²) in [5.41, 5.74) is 0. The summed E-state index contributed by atoms with van der Waals surface area (Å²) < 4.78 is 6.73. The van der Waals surface area contributed by atoms with Gasteiger partial charge in [-0.15, -0.1) is 11.3 Å². The highest BCUT2D eigenvalue weighted by molar-refractivity contribution is 7.12. The van der Waals surface area contributed by atoms with Crippen LogP contribution in [-0.2, 0) is 7.05 Å². The number of carbonyl (C=O) groups is 1. The van der Waals surface area contributed by atoms with Gasteiger partial charge in [0, 0.05) is 30.9 Å². The highest BCUT2D eigenvalue weighted by Gasteiger charge is 2.15. The predicted molar refractivity (Wildman–Crippen MR) is 57.5 cm³/mol. The average molecular weight is 222 g/mol. The third-order valence-electron chi connectivity index (χ3n) is 2.06. The van der Waals surface area contributed by atoms with Gasteiger partial charge in [0.2, 0.25) is 5.78 Å². The van der Waals surface area contributed by atoms with E-state index >= 15 is 0 Å². The second-order valence-corrected chi connectivity index (χ2v) is 3.95. The van der Waals surface area contributed by atoms with Crippen molar-refractivity contribution in [2.45, 2.75) is 0 Å². The molecule has 2 aromatic rings. The minimum absolute atomic E-state index is 0.0733. The van der Waals surface area contributed by atoms with Gasteiger partial charge in [-0.05, 0) is 0 Å². The van der Waals surface area contributed by atoms with E-state index < -0.39 is 0 Å². The summed E-state index contributed by atoms with van der Waals surface area (Å²) in [6.45, 7) is 0. The number of nitrogens with zero attached hydrogens (tertiary/aromatic N) is 2. The molecule has 5 heteroatoms. The van der Waals surface area contributed by atoms with Crippen molar-refractivity contribution in [2.24, 2.45) is 7.05 Å². The van der Waals surface area contributed by atoms with E-state index in [2.05, 4.69) is 4.98 Å². The number of imidazole rings is 1. The van der Waals surface area contributed by atoms with Crippen molar-refractivity contribution >= 4 is 17.1 Å². The summed E-state index contributed by atoms with van der Waals surface area (Å²) in [7, 11) is 3.38. The van der Waals surface area contributed by atoms with Gasteiger partial charge in [0.1, 0.15) is 5.75 Å². The summed E-state index contributed by atoms with van der Waals surface area (Å²) in [5, 5.41) is 1.80. The molecule has 2 rings (SSSR count). The standard InChI is InChI=1S/C10H10N2O2S/c1-12-4-3-11-10(12)9(13)8-5-7(14-2)6-15-8/h3-6H,1-2H3. The quantitative estimate of drug-likeness (QED) is 0.743. The van der Waals surface area contributed by atoms with Crippen LogP contribution in [0.1, 0.15) is 15.5 Å². The zero-order valence-corrected chi connectivity index (χ0v) is 9.25. The summed E-state index contributed by atoms with van der Waals surface area (Å²) in [4.78, 5) is 16.6. The minimum Gasteiger partial charge on any atom is -0.496 e. The number of ketones is 1. The van der Waals surface area contributed by atoms with Crippen LogP contribution in [0, 0.1) is 0 Å². The van der Waals surface area contributed by atoms with Gasteiger partial charge in [0.15, 0.2) is 5.82 Å². The number of aromatic nitrogens is 2. The van der Waals surface area contributed by atoms with Crippen molar-refractivity contribution in [2.75, 3.05) is 7.11 Å². The molecule has 0 aromatic carbocycles. The van der Waals surface area contributed by atoms with Crippen LogP contribution in [0.4, 0.5) is 0 Å². The Balaban J connectivity index is 2.32. The molecule has 0 saturated carbocycles. The van der Waals surface area contributed by atoms with E-state index in [1.54, 1.807) is 42.6 Å². The molecular weight excluding hydrogens is 212 g/mol. The molecule has 0 aliphatic heterocycles. The number of hydrogen-bond acceptors (Lipinski definition) is 4. The Hall–Kier alpha value is -1.62. The molecule has 0 fully saturated rings. The molecule has 0 aliphatic rings. The maximum Gasteiger partial charge on any atom is 0.238 e. The molecule has 0 spiro atoms. The van der Waals surface area contributed by atoms with Crippen molar-refractivity contribution in [3.05, 3.63) is 34.5 Å². The Morgan fingerprint density at radius 2 is 2.40 bits per heavy atom. The van der Waals surface area contributed by atoms with E-state index in [1.165, 1.54) is 11.3 Å². The fourth-order valence-corrected chi connectivity index (χ4v) is 2.03. The fourth-order valence-electron chi connectivity index (χ4n) is 1.24. The normalized spacial score (nSPS) is 10.3. The van der Waals surface area contributed by atoms with Crippen LogP contribution in [0.5, 0.6) is 5.75 Å². The molecule has 15 heavy (non-hydrogen) atoms. The van der Waals surface area contributed by atoms with E-state index in [0.717, 1.165) is 0 Å². The summed E-state index contributed by atoms with van der Waals surface area (Å²) in [6.07, 6.45) is 3.36. The summed E-state index contributed by atoms with van der Waals surface area (Å²) >= 11 is 1.36. The van der Waals surface area contributed by atoms with Gasteiger partial charge in [0.05, 0.1) is 12.0 Å². The summed E-state index contributed by atoms with van der Waals surface area (Å²) in [5.74, 6) is 1.08. The van der Waals surface area contributed by atoms with Crippen molar-refractivity contribution < 1.29 is 9.53 Å². The lowest BCUT2D eigenvalue weighted by Gasteiger charge is -1.97. The van der Waals surface area contributed by atoms with E-state index in [1.807, 2.05) is 0 Å². The van der Waals surface area contributed by atoms with Gasteiger partial charge in [-0.1, -0.05) is 0 Å². The Bertz CT molecular complexity index is 487. The maximum atomic E-state index is 11.9. The third-order valence-corrected chi connectivity index (χ3v) is 2.97. The molecule has 0 unspecified atom stereocenters. The second-order valence-electron chi connectivity index (χ2n) is 3.04. The van der Waals surface area contributed by atoms with Gasteiger partial charge in [0.25, 0.3) is 0 Å². The van der Waals surface area contributed by atoms with Crippen molar-refractivity contribution in [1.82, 2.24) is 9.55 Å². The largest absolute Gasteiger partial charge is 0.496 e. The minimum atomic E-state index is -0.0733. The molecule has 0 radical (unpaired) electrons. The number of rotatable bonds is 3. The lowest BCUT2D eigenvalue weighted by atomic mass is 10.3. The Morgan fingerprint density at radius 3 is 2.93 bits per heavy atom. The Morgan fingerprint density at radius 1 is 1.60 bits per heavy atom. The zero-order chi connectivity index (χ0) is 10.8. The van der Waals surface area contributed by atoms with E-state index in [0.29, 0.717) is 16.5 Å². The van der Waals surface area contributed by atoms with Crippen LogP contribution in [0.2, 0.25) is 0 Å². The lowest BCUT2D eigenvalue weighted by molar-refractivity contribution is 0.103. The average Bonchev–Trinajstić information content (AvgIpc) is 2.84. The second kappa shape index (κ2) is 3.86. The van der Waals surface area contributed by atoms with Crippen molar-refractivity contribution in [1.29, 1.82) is 0 Å². The van der Waals surface area contributed by atoms with Crippen LogP contribution < -0.4 is 4.74 Å². The van der Waals surface area contributed by atoms with Crippen molar-refractivity contribution in [3.63, 3.8) is 0 Å². The predicted octanol–water partition coefficient (Wildman–Crippen LogP) is 1.72. The molecule has 78 valence electrons. The molecule has 2 heterocycles. The first-order valence-corrected chi connectivity index (χ1v) is 5.25. The molecule has 2 aromatic heterocycles. The topological polar surface area (TPSA) is 44.1 Å².